The SMILES string of the molecule is CCCc1cc(=O)oc2cc(OC(C)C(=O)O)ccc12. The van der Waals surface area contributed by atoms with Crippen LogP contribution in [0.3, 0.4) is 0 Å². The third-order valence-electron chi connectivity index (χ3n) is 2.98. The van der Waals surface area contributed by atoms with Crippen LogP contribution < -0.4 is 10.4 Å². The Bertz CT molecular complexity index is 686. The zero-order chi connectivity index (χ0) is 14.7. The van der Waals surface area contributed by atoms with Gasteiger partial charge in [0.1, 0.15) is 11.3 Å². The predicted octanol–water partition coefficient (Wildman–Crippen LogP) is 2.60. The number of fused-ring (bicyclic) bond motifs is 1. The van der Waals surface area contributed by atoms with Gasteiger partial charge in [0.25, 0.3) is 0 Å². The van der Waals surface area contributed by atoms with Crippen molar-refractivity contribution in [3.8, 4) is 5.75 Å². The summed E-state index contributed by atoms with van der Waals surface area (Å²) in [5.74, 6) is -0.685. The molecule has 20 heavy (non-hydrogen) atoms. The number of aliphatic carboxylic acids is 1. The van der Waals surface area contributed by atoms with Gasteiger partial charge in [-0.3, -0.25) is 0 Å². The van der Waals surface area contributed by atoms with Crippen LogP contribution in [0, 0.1) is 0 Å². The van der Waals surface area contributed by atoms with Gasteiger partial charge in [-0.25, -0.2) is 9.59 Å². The summed E-state index contributed by atoms with van der Waals surface area (Å²) < 4.78 is 10.4. The number of carboxylic acid groups (broad SMARTS) is 1. The maximum Gasteiger partial charge on any atom is 0.344 e. The number of aryl methyl sites for hydroxylation is 1. The van der Waals surface area contributed by atoms with Gasteiger partial charge in [0.15, 0.2) is 6.10 Å². The molecule has 1 heterocycles. The van der Waals surface area contributed by atoms with Crippen LogP contribution >= 0.6 is 0 Å². The normalized spacial score (nSPS) is 12.3. The lowest BCUT2D eigenvalue weighted by atomic mass is 10.1. The summed E-state index contributed by atoms with van der Waals surface area (Å²) in [6, 6.07) is 6.51. The number of carboxylic acids is 1. The van der Waals surface area contributed by atoms with Crippen LogP contribution in [0.25, 0.3) is 11.0 Å². The van der Waals surface area contributed by atoms with Crippen LogP contribution in [-0.4, -0.2) is 17.2 Å². The van der Waals surface area contributed by atoms with Crippen molar-refractivity contribution in [3.63, 3.8) is 0 Å². The molecule has 0 aliphatic carbocycles. The molecule has 2 rings (SSSR count). The van der Waals surface area contributed by atoms with E-state index in [1.165, 1.54) is 13.0 Å². The van der Waals surface area contributed by atoms with Crippen molar-refractivity contribution in [2.24, 2.45) is 0 Å². The summed E-state index contributed by atoms with van der Waals surface area (Å²) in [5.41, 5.74) is 0.928. The molecule has 1 aromatic heterocycles. The fourth-order valence-electron chi connectivity index (χ4n) is 2.01. The smallest absolute Gasteiger partial charge is 0.344 e. The van der Waals surface area contributed by atoms with Gasteiger partial charge in [-0.05, 0) is 31.0 Å². The molecule has 2 aromatic rings. The van der Waals surface area contributed by atoms with Gasteiger partial charge in [0, 0.05) is 17.5 Å². The minimum atomic E-state index is -1.05. The Kier molecular flexibility index (Phi) is 4.08. The van der Waals surface area contributed by atoms with E-state index in [4.69, 9.17) is 14.3 Å². The van der Waals surface area contributed by atoms with Crippen LogP contribution in [0.15, 0.2) is 33.5 Å². The quantitative estimate of drug-likeness (QED) is 0.849. The van der Waals surface area contributed by atoms with Crippen molar-refractivity contribution in [1.29, 1.82) is 0 Å². The molecule has 5 nitrogen and oxygen atoms in total. The molecular formula is C15H16O5. The van der Waals surface area contributed by atoms with E-state index in [2.05, 4.69) is 0 Å². The Morgan fingerprint density at radius 2 is 2.15 bits per heavy atom. The number of hydrogen-bond donors (Lipinski definition) is 1. The van der Waals surface area contributed by atoms with E-state index < -0.39 is 17.7 Å². The first kappa shape index (κ1) is 14.1. The number of benzene rings is 1. The molecule has 0 saturated heterocycles. The highest BCUT2D eigenvalue weighted by Crippen LogP contribution is 2.24. The van der Waals surface area contributed by atoms with E-state index in [9.17, 15) is 9.59 Å². The van der Waals surface area contributed by atoms with Crippen LogP contribution in [0.1, 0.15) is 25.8 Å². The summed E-state index contributed by atoms with van der Waals surface area (Å²) in [7, 11) is 0. The average Bonchev–Trinajstić information content (AvgIpc) is 2.38. The Morgan fingerprint density at radius 3 is 2.80 bits per heavy atom. The number of carbonyl (C=O) groups is 1. The first-order chi connectivity index (χ1) is 9.51. The van der Waals surface area contributed by atoms with E-state index in [0.717, 1.165) is 23.8 Å². The first-order valence-electron chi connectivity index (χ1n) is 6.47. The van der Waals surface area contributed by atoms with E-state index in [1.54, 1.807) is 18.2 Å². The van der Waals surface area contributed by atoms with E-state index in [0.29, 0.717) is 11.3 Å². The molecule has 5 heteroatoms. The third kappa shape index (κ3) is 2.99. The maximum atomic E-state index is 11.5. The monoisotopic (exact) mass is 276 g/mol. The summed E-state index contributed by atoms with van der Waals surface area (Å²) in [4.78, 5) is 22.3. The Hall–Kier alpha value is -2.30. The molecule has 1 aromatic carbocycles. The molecule has 106 valence electrons. The summed E-state index contributed by atoms with van der Waals surface area (Å²) in [5, 5.41) is 9.67. The highest BCUT2D eigenvalue weighted by molar-refractivity contribution is 5.81. The van der Waals surface area contributed by atoms with Crippen molar-refractivity contribution in [1.82, 2.24) is 0 Å². The van der Waals surface area contributed by atoms with Gasteiger partial charge in [-0.15, -0.1) is 0 Å². The number of rotatable bonds is 5. The van der Waals surface area contributed by atoms with E-state index in [1.807, 2.05) is 6.92 Å². The van der Waals surface area contributed by atoms with Crippen molar-refractivity contribution in [2.75, 3.05) is 0 Å². The Labute approximate surface area is 115 Å². The van der Waals surface area contributed by atoms with Crippen molar-refractivity contribution >= 4 is 16.9 Å². The molecule has 0 amide bonds. The summed E-state index contributed by atoms with van der Waals surface area (Å²) in [6.45, 7) is 3.47. The van der Waals surface area contributed by atoms with Crippen molar-refractivity contribution < 1.29 is 19.1 Å². The second-order valence-corrected chi connectivity index (χ2v) is 4.60. The lowest BCUT2D eigenvalue weighted by molar-refractivity contribution is -0.144. The third-order valence-corrected chi connectivity index (χ3v) is 2.98. The number of ether oxygens (including phenoxy) is 1. The fraction of sp³-hybridized carbons (Fsp3) is 0.333. The zero-order valence-corrected chi connectivity index (χ0v) is 11.4. The van der Waals surface area contributed by atoms with E-state index >= 15 is 0 Å². The van der Waals surface area contributed by atoms with Crippen molar-refractivity contribution in [2.45, 2.75) is 32.8 Å². The molecule has 0 spiro atoms. The fourth-order valence-corrected chi connectivity index (χ4v) is 2.01. The number of hydrogen-bond acceptors (Lipinski definition) is 4. The molecule has 0 saturated carbocycles. The van der Waals surface area contributed by atoms with Crippen LogP contribution in [-0.2, 0) is 11.2 Å². The molecule has 0 fully saturated rings. The Balaban J connectivity index is 2.44. The summed E-state index contributed by atoms with van der Waals surface area (Å²) in [6.07, 6.45) is 0.749. The van der Waals surface area contributed by atoms with E-state index in [-0.39, 0.29) is 0 Å². The van der Waals surface area contributed by atoms with Gasteiger partial charge in [-0.1, -0.05) is 13.3 Å². The largest absolute Gasteiger partial charge is 0.479 e. The molecule has 1 unspecified atom stereocenters. The Morgan fingerprint density at radius 1 is 1.40 bits per heavy atom. The molecule has 0 aliphatic heterocycles. The van der Waals surface area contributed by atoms with Gasteiger partial charge in [0.05, 0.1) is 0 Å². The molecule has 0 radical (unpaired) electrons. The topological polar surface area (TPSA) is 76.7 Å². The van der Waals surface area contributed by atoms with Crippen LogP contribution in [0.4, 0.5) is 0 Å². The second-order valence-electron chi connectivity index (χ2n) is 4.60. The van der Waals surface area contributed by atoms with Gasteiger partial charge < -0.3 is 14.3 Å². The minimum Gasteiger partial charge on any atom is -0.479 e. The van der Waals surface area contributed by atoms with Crippen LogP contribution in [0.2, 0.25) is 0 Å². The molecule has 0 bridgehead atoms. The maximum absolute atomic E-state index is 11.5. The zero-order valence-electron chi connectivity index (χ0n) is 11.4. The molecule has 0 aliphatic rings. The lowest BCUT2D eigenvalue weighted by Gasteiger charge is -2.11. The first-order valence-corrected chi connectivity index (χ1v) is 6.47. The van der Waals surface area contributed by atoms with Gasteiger partial charge in [-0.2, -0.15) is 0 Å². The second kappa shape index (κ2) is 5.77. The summed E-state index contributed by atoms with van der Waals surface area (Å²) >= 11 is 0. The van der Waals surface area contributed by atoms with Crippen LogP contribution in [0.5, 0.6) is 5.75 Å². The molecule has 1 atom stereocenters. The molecule has 1 N–H and O–H groups in total. The minimum absolute atomic E-state index is 0.365. The predicted molar refractivity (Wildman–Crippen MR) is 74.2 cm³/mol. The highest BCUT2D eigenvalue weighted by Gasteiger charge is 2.13. The lowest BCUT2D eigenvalue weighted by Crippen LogP contribution is -2.22. The standard InChI is InChI=1S/C15H16O5/c1-3-4-10-7-14(16)20-13-8-11(5-6-12(10)13)19-9(2)15(17)18/h5-9H,3-4H2,1-2H3,(H,17,18). The van der Waals surface area contributed by atoms with Crippen molar-refractivity contribution in [3.05, 3.63) is 40.2 Å². The van der Waals surface area contributed by atoms with Gasteiger partial charge >= 0.3 is 11.6 Å². The highest BCUT2D eigenvalue weighted by atomic mass is 16.5. The average molecular weight is 276 g/mol. The van der Waals surface area contributed by atoms with Gasteiger partial charge in [0.2, 0.25) is 0 Å². The molecular weight excluding hydrogens is 260 g/mol.